The minimum atomic E-state index is 0.0981. The first-order chi connectivity index (χ1) is 9.52. The fourth-order valence-electron chi connectivity index (χ4n) is 2.25. The number of aryl methyl sites for hydroxylation is 2. The molecule has 6 heteroatoms. The highest BCUT2D eigenvalue weighted by Gasteiger charge is 2.17. The maximum atomic E-state index is 6.29. The Hall–Kier alpha value is -0.880. The molecule has 0 aliphatic carbocycles. The summed E-state index contributed by atoms with van der Waals surface area (Å²) < 4.78 is 2.91. The Bertz CT molecular complexity index is 597. The maximum Gasteiger partial charge on any atom is 0.0847 e. The predicted octanol–water partition coefficient (Wildman–Crippen LogP) is 2.76. The molecule has 1 heterocycles. The van der Waals surface area contributed by atoms with E-state index in [0.717, 1.165) is 33.7 Å². The molecule has 3 N–H and O–H groups in total. The molecule has 1 aromatic carbocycles. The SMILES string of the molecule is Cc1nn(C)c(CC(Cc2ccccc2Br)NN)c1Cl. The summed E-state index contributed by atoms with van der Waals surface area (Å²) >= 11 is 9.85. The Morgan fingerprint density at radius 3 is 2.65 bits per heavy atom. The number of halogens is 2. The van der Waals surface area contributed by atoms with E-state index in [1.54, 1.807) is 0 Å². The molecule has 0 saturated carbocycles. The highest BCUT2D eigenvalue weighted by atomic mass is 79.9. The third-order valence-electron chi connectivity index (χ3n) is 3.36. The van der Waals surface area contributed by atoms with Gasteiger partial charge in [-0.1, -0.05) is 45.7 Å². The van der Waals surface area contributed by atoms with Crippen LogP contribution in [-0.4, -0.2) is 15.8 Å². The van der Waals surface area contributed by atoms with E-state index in [1.165, 1.54) is 5.56 Å². The number of nitrogens with two attached hydrogens (primary N) is 1. The molecule has 1 atom stereocenters. The summed E-state index contributed by atoms with van der Waals surface area (Å²) in [6, 6.07) is 8.24. The first kappa shape index (κ1) is 15.5. The number of aromatic nitrogens is 2. The minimum absolute atomic E-state index is 0.0981. The first-order valence-electron chi connectivity index (χ1n) is 6.40. The van der Waals surface area contributed by atoms with Crippen molar-refractivity contribution < 1.29 is 0 Å². The van der Waals surface area contributed by atoms with Gasteiger partial charge >= 0.3 is 0 Å². The lowest BCUT2D eigenvalue weighted by molar-refractivity contribution is 0.504. The average Bonchev–Trinajstić information content (AvgIpc) is 2.66. The molecule has 1 aromatic heterocycles. The van der Waals surface area contributed by atoms with Crippen molar-refractivity contribution in [2.24, 2.45) is 12.9 Å². The lowest BCUT2D eigenvalue weighted by Crippen LogP contribution is -2.39. The monoisotopic (exact) mass is 356 g/mol. The average molecular weight is 358 g/mol. The third kappa shape index (κ3) is 3.41. The standard InChI is InChI=1S/C14H18BrClN4/c1-9-14(16)13(20(2)19-9)8-11(18-17)7-10-5-3-4-6-12(10)15/h3-6,11,18H,7-8,17H2,1-2H3. The molecule has 1 unspecified atom stereocenters. The van der Waals surface area contributed by atoms with Gasteiger partial charge in [-0.25, -0.2) is 0 Å². The number of hydrogen-bond acceptors (Lipinski definition) is 3. The minimum Gasteiger partial charge on any atom is -0.271 e. The summed E-state index contributed by atoms with van der Waals surface area (Å²) in [7, 11) is 1.90. The molecule has 108 valence electrons. The van der Waals surface area contributed by atoms with Crippen LogP contribution in [0.5, 0.6) is 0 Å². The molecule has 2 rings (SSSR count). The summed E-state index contributed by atoms with van der Waals surface area (Å²) in [4.78, 5) is 0. The molecular weight excluding hydrogens is 340 g/mol. The van der Waals surface area contributed by atoms with Gasteiger partial charge in [0.15, 0.2) is 0 Å². The second-order valence-corrected chi connectivity index (χ2v) is 6.07. The van der Waals surface area contributed by atoms with E-state index in [4.69, 9.17) is 17.4 Å². The Balaban J connectivity index is 2.15. The Morgan fingerprint density at radius 1 is 1.40 bits per heavy atom. The van der Waals surface area contributed by atoms with Crippen LogP contribution < -0.4 is 11.3 Å². The third-order valence-corrected chi connectivity index (χ3v) is 4.63. The van der Waals surface area contributed by atoms with Crippen LogP contribution in [0.4, 0.5) is 0 Å². The van der Waals surface area contributed by atoms with Crippen molar-refractivity contribution in [2.45, 2.75) is 25.8 Å². The van der Waals surface area contributed by atoms with E-state index in [9.17, 15) is 0 Å². The van der Waals surface area contributed by atoms with Crippen molar-refractivity contribution >= 4 is 27.5 Å². The quantitative estimate of drug-likeness (QED) is 0.639. The number of nitrogens with zero attached hydrogens (tertiary/aromatic N) is 2. The number of rotatable bonds is 5. The lowest BCUT2D eigenvalue weighted by atomic mass is 10.0. The highest BCUT2D eigenvalue weighted by molar-refractivity contribution is 9.10. The molecule has 0 aliphatic rings. The van der Waals surface area contributed by atoms with Crippen molar-refractivity contribution in [1.82, 2.24) is 15.2 Å². The Labute approximate surface area is 132 Å². The zero-order valence-corrected chi connectivity index (χ0v) is 13.9. The summed E-state index contributed by atoms with van der Waals surface area (Å²) in [5.41, 5.74) is 5.93. The first-order valence-corrected chi connectivity index (χ1v) is 7.57. The van der Waals surface area contributed by atoms with Crippen LogP contribution in [0.3, 0.4) is 0 Å². The van der Waals surface area contributed by atoms with Crippen molar-refractivity contribution in [2.75, 3.05) is 0 Å². The van der Waals surface area contributed by atoms with Crippen LogP contribution in [0.15, 0.2) is 28.7 Å². The van der Waals surface area contributed by atoms with E-state index in [1.807, 2.05) is 36.9 Å². The van der Waals surface area contributed by atoms with Crippen LogP contribution in [0.25, 0.3) is 0 Å². The van der Waals surface area contributed by atoms with Gasteiger partial charge in [0.25, 0.3) is 0 Å². The van der Waals surface area contributed by atoms with Crippen LogP contribution in [0.2, 0.25) is 5.02 Å². The molecule has 0 amide bonds. The zero-order chi connectivity index (χ0) is 14.7. The number of benzene rings is 1. The molecule has 0 aliphatic heterocycles. The molecule has 0 spiro atoms. The normalized spacial score (nSPS) is 12.7. The predicted molar refractivity (Wildman–Crippen MR) is 85.6 cm³/mol. The molecule has 0 bridgehead atoms. The Kier molecular flexibility index (Phi) is 5.21. The van der Waals surface area contributed by atoms with Crippen molar-refractivity contribution in [1.29, 1.82) is 0 Å². The van der Waals surface area contributed by atoms with Gasteiger partial charge in [0.2, 0.25) is 0 Å². The summed E-state index contributed by atoms with van der Waals surface area (Å²) in [6.07, 6.45) is 1.55. The van der Waals surface area contributed by atoms with Crippen LogP contribution in [0.1, 0.15) is 17.0 Å². The smallest absolute Gasteiger partial charge is 0.0847 e. The van der Waals surface area contributed by atoms with Crippen molar-refractivity contribution in [3.63, 3.8) is 0 Å². The molecular formula is C14H18BrClN4. The van der Waals surface area contributed by atoms with Gasteiger partial charge in [-0.2, -0.15) is 5.10 Å². The highest BCUT2D eigenvalue weighted by Crippen LogP contribution is 2.23. The molecule has 2 aromatic rings. The number of hydrazine groups is 1. The second kappa shape index (κ2) is 6.72. The van der Waals surface area contributed by atoms with E-state index in [-0.39, 0.29) is 6.04 Å². The van der Waals surface area contributed by atoms with Crippen LogP contribution in [0, 0.1) is 6.92 Å². The van der Waals surface area contributed by atoms with E-state index >= 15 is 0 Å². The second-order valence-electron chi connectivity index (χ2n) is 4.83. The molecule has 20 heavy (non-hydrogen) atoms. The van der Waals surface area contributed by atoms with Gasteiger partial charge in [0.1, 0.15) is 0 Å². The van der Waals surface area contributed by atoms with Crippen molar-refractivity contribution in [3.8, 4) is 0 Å². The number of hydrogen-bond donors (Lipinski definition) is 2. The van der Waals surface area contributed by atoms with Gasteiger partial charge in [0, 0.05) is 24.0 Å². The Morgan fingerprint density at radius 2 is 2.10 bits per heavy atom. The van der Waals surface area contributed by atoms with Crippen molar-refractivity contribution in [3.05, 3.63) is 50.7 Å². The van der Waals surface area contributed by atoms with Gasteiger partial charge < -0.3 is 0 Å². The zero-order valence-electron chi connectivity index (χ0n) is 11.5. The molecule has 0 radical (unpaired) electrons. The van der Waals surface area contributed by atoms with E-state index in [0.29, 0.717) is 0 Å². The molecule has 4 nitrogen and oxygen atoms in total. The fraction of sp³-hybridized carbons (Fsp3) is 0.357. The number of nitrogens with one attached hydrogen (secondary N) is 1. The van der Waals surface area contributed by atoms with Gasteiger partial charge in [-0.05, 0) is 25.0 Å². The van der Waals surface area contributed by atoms with Gasteiger partial charge in [-0.3, -0.25) is 16.0 Å². The fourth-order valence-corrected chi connectivity index (χ4v) is 2.94. The van der Waals surface area contributed by atoms with Crippen LogP contribution in [-0.2, 0) is 19.9 Å². The van der Waals surface area contributed by atoms with Crippen LogP contribution >= 0.6 is 27.5 Å². The summed E-state index contributed by atoms with van der Waals surface area (Å²) in [6.45, 7) is 1.91. The van der Waals surface area contributed by atoms with Gasteiger partial charge in [-0.15, -0.1) is 0 Å². The topological polar surface area (TPSA) is 55.9 Å². The molecule has 0 saturated heterocycles. The lowest BCUT2D eigenvalue weighted by Gasteiger charge is -2.17. The largest absolute Gasteiger partial charge is 0.271 e. The molecule has 0 fully saturated rings. The maximum absolute atomic E-state index is 6.29. The van der Waals surface area contributed by atoms with Gasteiger partial charge in [0.05, 0.1) is 16.4 Å². The van der Waals surface area contributed by atoms with E-state index in [2.05, 4.69) is 32.5 Å². The summed E-state index contributed by atoms with van der Waals surface area (Å²) in [5.74, 6) is 5.69. The van der Waals surface area contributed by atoms with E-state index < -0.39 is 0 Å². The summed E-state index contributed by atoms with van der Waals surface area (Å²) in [5, 5.41) is 5.05.